The number of anilines is 2. The van der Waals surface area contributed by atoms with Crippen molar-refractivity contribution in [2.45, 2.75) is 13.8 Å². The number of piperazine rings is 1. The first kappa shape index (κ1) is 16.4. The number of hydrogen-bond acceptors (Lipinski definition) is 7. The second-order valence-corrected chi connectivity index (χ2v) is 6.35. The van der Waals surface area contributed by atoms with Gasteiger partial charge in [0.1, 0.15) is 5.82 Å². The predicted molar refractivity (Wildman–Crippen MR) is 101 cm³/mol. The van der Waals surface area contributed by atoms with Gasteiger partial charge in [-0.1, -0.05) is 0 Å². The van der Waals surface area contributed by atoms with E-state index in [4.69, 9.17) is 4.98 Å². The van der Waals surface area contributed by atoms with Crippen molar-refractivity contribution in [2.24, 2.45) is 0 Å². The molecular formula is C19H21N7. The van der Waals surface area contributed by atoms with E-state index < -0.39 is 0 Å². The predicted octanol–water partition coefficient (Wildman–Crippen LogP) is 2.27. The Labute approximate surface area is 152 Å². The number of aromatic nitrogens is 5. The quantitative estimate of drug-likeness (QED) is 0.720. The lowest BCUT2D eigenvalue weighted by Gasteiger charge is -2.36. The molecule has 0 N–H and O–H groups in total. The van der Waals surface area contributed by atoms with Gasteiger partial charge in [-0.15, -0.1) is 0 Å². The fourth-order valence-corrected chi connectivity index (χ4v) is 3.12. The van der Waals surface area contributed by atoms with Gasteiger partial charge in [0, 0.05) is 67.8 Å². The molecule has 1 aliphatic heterocycles. The van der Waals surface area contributed by atoms with Crippen molar-refractivity contribution in [1.82, 2.24) is 24.9 Å². The first-order chi connectivity index (χ1) is 12.7. The standard InChI is InChI=1S/C19H21N7/c1-14-15(2)23-17(16-5-3-6-20-13-16)24-18(14)25-9-11-26(12-10-25)19-21-7-4-8-22-19/h3-8,13H,9-12H2,1-2H3. The van der Waals surface area contributed by atoms with Gasteiger partial charge in [0.15, 0.2) is 5.82 Å². The summed E-state index contributed by atoms with van der Waals surface area (Å²) >= 11 is 0. The van der Waals surface area contributed by atoms with Crippen molar-refractivity contribution in [3.63, 3.8) is 0 Å². The Morgan fingerprint density at radius 1 is 0.846 bits per heavy atom. The first-order valence-corrected chi connectivity index (χ1v) is 8.75. The second kappa shape index (κ2) is 7.03. The minimum Gasteiger partial charge on any atom is -0.353 e. The Balaban J connectivity index is 1.58. The van der Waals surface area contributed by atoms with E-state index in [9.17, 15) is 0 Å². The van der Waals surface area contributed by atoms with Crippen LogP contribution < -0.4 is 9.80 Å². The Hall–Kier alpha value is -3.09. The smallest absolute Gasteiger partial charge is 0.225 e. The first-order valence-electron chi connectivity index (χ1n) is 8.75. The average Bonchev–Trinajstić information content (AvgIpc) is 2.71. The highest BCUT2D eigenvalue weighted by molar-refractivity contribution is 5.60. The fraction of sp³-hybridized carbons (Fsp3) is 0.316. The highest BCUT2D eigenvalue weighted by Gasteiger charge is 2.22. The summed E-state index contributed by atoms with van der Waals surface area (Å²) in [6.07, 6.45) is 7.13. The van der Waals surface area contributed by atoms with Crippen molar-refractivity contribution >= 4 is 11.8 Å². The minimum absolute atomic E-state index is 0.727. The molecular weight excluding hydrogens is 326 g/mol. The molecule has 1 aliphatic rings. The number of hydrogen-bond donors (Lipinski definition) is 0. The van der Waals surface area contributed by atoms with Crippen molar-refractivity contribution in [2.75, 3.05) is 36.0 Å². The van der Waals surface area contributed by atoms with E-state index in [0.29, 0.717) is 0 Å². The molecule has 132 valence electrons. The summed E-state index contributed by atoms with van der Waals surface area (Å²) in [5, 5.41) is 0. The topological polar surface area (TPSA) is 70.9 Å². The average molecular weight is 347 g/mol. The Bertz CT molecular complexity index is 875. The van der Waals surface area contributed by atoms with Gasteiger partial charge in [0.05, 0.1) is 0 Å². The van der Waals surface area contributed by atoms with Crippen molar-refractivity contribution in [3.8, 4) is 11.4 Å². The van der Waals surface area contributed by atoms with E-state index >= 15 is 0 Å². The molecule has 0 aromatic carbocycles. The van der Waals surface area contributed by atoms with Gasteiger partial charge in [-0.2, -0.15) is 0 Å². The second-order valence-electron chi connectivity index (χ2n) is 6.35. The molecule has 4 rings (SSSR count). The zero-order chi connectivity index (χ0) is 17.9. The van der Waals surface area contributed by atoms with Gasteiger partial charge >= 0.3 is 0 Å². The third kappa shape index (κ3) is 3.20. The summed E-state index contributed by atoms with van der Waals surface area (Å²) in [6, 6.07) is 5.74. The van der Waals surface area contributed by atoms with Gasteiger partial charge in [-0.05, 0) is 32.0 Å². The van der Waals surface area contributed by atoms with Crippen molar-refractivity contribution in [1.29, 1.82) is 0 Å². The molecule has 4 heterocycles. The van der Waals surface area contributed by atoms with E-state index in [0.717, 1.165) is 60.6 Å². The molecule has 7 nitrogen and oxygen atoms in total. The monoisotopic (exact) mass is 347 g/mol. The van der Waals surface area contributed by atoms with E-state index in [2.05, 4.69) is 36.7 Å². The van der Waals surface area contributed by atoms with E-state index in [-0.39, 0.29) is 0 Å². The van der Waals surface area contributed by atoms with Crippen LogP contribution >= 0.6 is 0 Å². The van der Waals surface area contributed by atoms with Gasteiger partial charge in [0.2, 0.25) is 5.95 Å². The SMILES string of the molecule is Cc1nc(-c2cccnc2)nc(N2CCN(c3ncccn3)CC2)c1C. The molecule has 0 amide bonds. The Kier molecular flexibility index (Phi) is 4.43. The van der Waals surface area contributed by atoms with Crippen molar-refractivity contribution in [3.05, 3.63) is 54.2 Å². The molecule has 0 atom stereocenters. The third-order valence-electron chi connectivity index (χ3n) is 4.70. The molecule has 0 saturated carbocycles. The number of rotatable bonds is 3. The molecule has 3 aromatic heterocycles. The normalized spacial score (nSPS) is 14.5. The summed E-state index contributed by atoms with van der Waals surface area (Å²) in [6.45, 7) is 7.62. The highest BCUT2D eigenvalue weighted by Crippen LogP contribution is 2.25. The Morgan fingerprint density at radius 3 is 2.27 bits per heavy atom. The summed E-state index contributed by atoms with van der Waals surface area (Å²) in [4.78, 5) is 26.9. The van der Waals surface area contributed by atoms with Crippen LogP contribution in [0.3, 0.4) is 0 Å². The van der Waals surface area contributed by atoms with Crippen molar-refractivity contribution < 1.29 is 0 Å². The van der Waals surface area contributed by atoms with E-state index in [1.807, 2.05) is 25.1 Å². The summed E-state index contributed by atoms with van der Waals surface area (Å²) < 4.78 is 0. The van der Waals surface area contributed by atoms with Crippen LogP contribution in [0.5, 0.6) is 0 Å². The van der Waals surface area contributed by atoms with Crippen LogP contribution in [0.4, 0.5) is 11.8 Å². The number of aryl methyl sites for hydroxylation is 1. The van der Waals surface area contributed by atoms with Crippen LogP contribution in [0.15, 0.2) is 43.0 Å². The molecule has 3 aromatic rings. The number of pyridine rings is 1. The summed E-state index contributed by atoms with van der Waals surface area (Å²) in [5.74, 6) is 2.52. The van der Waals surface area contributed by atoms with Crippen LogP contribution in [0.2, 0.25) is 0 Å². The molecule has 0 bridgehead atoms. The molecule has 0 spiro atoms. The lowest BCUT2D eigenvalue weighted by molar-refractivity contribution is 0.632. The maximum atomic E-state index is 4.85. The van der Waals surface area contributed by atoms with Crippen LogP contribution in [0, 0.1) is 13.8 Å². The lowest BCUT2D eigenvalue weighted by atomic mass is 10.2. The maximum absolute atomic E-state index is 4.85. The lowest BCUT2D eigenvalue weighted by Crippen LogP contribution is -2.47. The molecule has 0 unspecified atom stereocenters. The molecule has 1 saturated heterocycles. The van der Waals surface area contributed by atoms with Crippen LogP contribution in [-0.2, 0) is 0 Å². The molecule has 26 heavy (non-hydrogen) atoms. The van der Waals surface area contributed by atoms with E-state index in [1.165, 1.54) is 0 Å². The van der Waals surface area contributed by atoms with E-state index in [1.54, 1.807) is 24.8 Å². The van der Waals surface area contributed by atoms with Gasteiger partial charge in [0.25, 0.3) is 0 Å². The third-order valence-corrected chi connectivity index (χ3v) is 4.70. The Morgan fingerprint density at radius 2 is 1.58 bits per heavy atom. The molecule has 1 fully saturated rings. The number of nitrogens with zero attached hydrogens (tertiary/aromatic N) is 7. The zero-order valence-corrected chi connectivity index (χ0v) is 15.0. The highest BCUT2D eigenvalue weighted by atomic mass is 15.3. The van der Waals surface area contributed by atoms with Gasteiger partial charge in [-0.3, -0.25) is 4.98 Å². The summed E-state index contributed by atoms with van der Waals surface area (Å²) in [7, 11) is 0. The van der Waals surface area contributed by atoms with Gasteiger partial charge < -0.3 is 9.80 Å². The van der Waals surface area contributed by atoms with Crippen LogP contribution in [0.25, 0.3) is 11.4 Å². The molecule has 0 radical (unpaired) electrons. The summed E-state index contributed by atoms with van der Waals surface area (Å²) in [5.41, 5.74) is 3.07. The largest absolute Gasteiger partial charge is 0.353 e. The molecule has 7 heteroatoms. The molecule has 0 aliphatic carbocycles. The maximum Gasteiger partial charge on any atom is 0.225 e. The zero-order valence-electron chi connectivity index (χ0n) is 15.0. The van der Waals surface area contributed by atoms with Crippen LogP contribution in [-0.4, -0.2) is 51.1 Å². The van der Waals surface area contributed by atoms with Crippen LogP contribution in [0.1, 0.15) is 11.3 Å². The van der Waals surface area contributed by atoms with Gasteiger partial charge in [-0.25, -0.2) is 19.9 Å². The fourth-order valence-electron chi connectivity index (χ4n) is 3.12. The minimum atomic E-state index is 0.727.